The van der Waals surface area contributed by atoms with Gasteiger partial charge in [0, 0.05) is 22.6 Å². The Bertz CT molecular complexity index is 409. The fourth-order valence-corrected chi connectivity index (χ4v) is 2.37. The molecule has 0 radical (unpaired) electrons. The lowest BCUT2D eigenvalue weighted by atomic mass is 10.2. The monoisotopic (exact) mass is 300 g/mol. The maximum absolute atomic E-state index is 10.6. The molecule has 0 fully saturated rings. The lowest BCUT2D eigenvalue weighted by molar-refractivity contribution is -0.385. The topological polar surface area (TPSA) is 55.2 Å². The largest absolute Gasteiger partial charge is 0.269 e. The van der Waals surface area contributed by atoms with Crippen LogP contribution in [0.2, 0.25) is 0 Å². The van der Waals surface area contributed by atoms with E-state index < -0.39 is 8.72 Å². The summed E-state index contributed by atoms with van der Waals surface area (Å²) in [6, 6.07) is 4.16. The van der Waals surface area contributed by atoms with Gasteiger partial charge < -0.3 is 0 Å². The molecule has 16 heavy (non-hydrogen) atoms. The third kappa shape index (κ3) is 3.40. The highest BCUT2D eigenvalue weighted by molar-refractivity contribution is 7.97. The minimum absolute atomic E-state index is 0.109. The molecule has 0 aliphatic heterocycles. The fourth-order valence-electron chi connectivity index (χ4n) is 1.05. The second-order valence-corrected chi connectivity index (χ2v) is 6.07. The maximum Gasteiger partial charge on any atom is 0.269 e. The van der Waals surface area contributed by atoms with Crippen LogP contribution in [0.1, 0.15) is 5.56 Å². The zero-order valence-corrected chi connectivity index (χ0v) is 11.1. The van der Waals surface area contributed by atoms with Gasteiger partial charge in [0.1, 0.15) is 0 Å². The van der Waals surface area contributed by atoms with Crippen LogP contribution < -0.4 is 4.72 Å². The van der Waals surface area contributed by atoms with Crippen molar-refractivity contribution in [2.24, 2.45) is 0 Å². The van der Waals surface area contributed by atoms with Crippen LogP contribution in [0.5, 0.6) is 0 Å². The number of nitro groups is 1. The van der Waals surface area contributed by atoms with Crippen molar-refractivity contribution in [3.05, 3.63) is 33.9 Å². The van der Waals surface area contributed by atoms with Gasteiger partial charge in [0.05, 0.1) is 4.92 Å². The molecule has 1 rings (SSSR count). The van der Waals surface area contributed by atoms with Crippen LogP contribution >= 0.6 is 46.8 Å². The first-order chi connectivity index (χ1) is 7.36. The van der Waals surface area contributed by atoms with Gasteiger partial charge in [-0.05, 0) is 25.1 Å². The number of hydrogen-bond donors (Lipinski definition) is 1. The number of alkyl halides is 3. The van der Waals surface area contributed by atoms with E-state index in [4.69, 9.17) is 34.8 Å². The van der Waals surface area contributed by atoms with Crippen molar-refractivity contribution in [3.8, 4) is 0 Å². The number of nitro benzene ring substituents is 1. The summed E-state index contributed by atoms with van der Waals surface area (Å²) in [6.45, 7) is 0. The Labute approximate surface area is 112 Å². The smallest absolute Gasteiger partial charge is 0.263 e. The third-order valence-electron chi connectivity index (χ3n) is 1.69. The molecule has 0 bridgehead atoms. The van der Waals surface area contributed by atoms with Crippen LogP contribution in [-0.4, -0.2) is 12.0 Å². The van der Waals surface area contributed by atoms with Crippen molar-refractivity contribution >= 4 is 52.4 Å². The minimum Gasteiger partial charge on any atom is -0.263 e. The highest BCUT2D eigenvalue weighted by Gasteiger charge is 2.28. The molecule has 0 aliphatic rings. The molecule has 1 N–H and O–H groups in total. The number of nitrogens with one attached hydrogen (secondary N) is 1. The number of non-ortho nitro benzene ring substituents is 1. The van der Waals surface area contributed by atoms with Gasteiger partial charge in [0.15, 0.2) is 0 Å². The number of nitrogens with zero attached hydrogens (tertiary/aromatic N) is 1. The predicted octanol–water partition coefficient (Wildman–Crippen LogP) is 3.65. The SMILES string of the molecule is CNSc1ccc([N+](=O)[O-])cc1C(Cl)(Cl)Cl. The van der Waals surface area contributed by atoms with Crippen molar-refractivity contribution in [1.82, 2.24) is 4.72 Å². The summed E-state index contributed by atoms with van der Waals surface area (Å²) in [5.74, 6) is 0. The van der Waals surface area contributed by atoms with Gasteiger partial charge >= 0.3 is 0 Å². The normalized spacial score (nSPS) is 11.5. The van der Waals surface area contributed by atoms with Crippen LogP contribution in [-0.2, 0) is 3.79 Å². The molecule has 1 aromatic rings. The van der Waals surface area contributed by atoms with Crippen LogP contribution in [0, 0.1) is 10.1 Å². The van der Waals surface area contributed by atoms with E-state index in [-0.39, 0.29) is 11.3 Å². The van der Waals surface area contributed by atoms with Crippen molar-refractivity contribution in [2.45, 2.75) is 8.69 Å². The molecule has 8 heteroatoms. The Hall–Kier alpha value is -0.200. The summed E-state index contributed by atoms with van der Waals surface area (Å²) in [5, 5.41) is 10.6. The molecule has 0 heterocycles. The number of halogens is 3. The van der Waals surface area contributed by atoms with Gasteiger partial charge in [-0.2, -0.15) is 0 Å². The Morgan fingerprint density at radius 2 is 2.06 bits per heavy atom. The van der Waals surface area contributed by atoms with Gasteiger partial charge in [-0.3, -0.25) is 14.8 Å². The molecule has 4 nitrogen and oxygen atoms in total. The minimum atomic E-state index is -1.69. The molecular weight excluding hydrogens is 295 g/mol. The van der Waals surface area contributed by atoms with Gasteiger partial charge in [-0.1, -0.05) is 34.8 Å². The molecular formula is C8H7Cl3N2O2S. The first-order valence-electron chi connectivity index (χ1n) is 4.05. The van der Waals surface area contributed by atoms with Crippen molar-refractivity contribution in [2.75, 3.05) is 7.05 Å². The summed E-state index contributed by atoms with van der Waals surface area (Å²) in [7, 11) is 1.70. The first kappa shape index (κ1) is 13.9. The van der Waals surface area contributed by atoms with E-state index in [1.54, 1.807) is 7.05 Å². The lowest BCUT2D eigenvalue weighted by Crippen LogP contribution is -2.05. The fraction of sp³-hybridized carbons (Fsp3) is 0.250. The average molecular weight is 302 g/mol. The summed E-state index contributed by atoms with van der Waals surface area (Å²) < 4.78 is 1.13. The Morgan fingerprint density at radius 3 is 2.50 bits per heavy atom. The molecule has 0 aliphatic carbocycles. The standard InChI is InChI=1S/C8H7Cl3N2O2S/c1-12-16-7-3-2-5(13(14)15)4-6(7)8(9,10)11/h2-4,12H,1H3. The Morgan fingerprint density at radius 1 is 1.44 bits per heavy atom. The van der Waals surface area contributed by atoms with E-state index in [1.807, 2.05) is 0 Å². The molecule has 0 saturated heterocycles. The second-order valence-electron chi connectivity index (χ2n) is 2.74. The number of benzene rings is 1. The molecule has 88 valence electrons. The van der Waals surface area contributed by atoms with Crippen LogP contribution in [0.25, 0.3) is 0 Å². The molecule has 0 atom stereocenters. The van der Waals surface area contributed by atoms with Crippen LogP contribution in [0.3, 0.4) is 0 Å². The van der Waals surface area contributed by atoms with Crippen LogP contribution in [0.15, 0.2) is 23.1 Å². The van der Waals surface area contributed by atoms with Crippen molar-refractivity contribution < 1.29 is 4.92 Å². The van der Waals surface area contributed by atoms with Crippen LogP contribution in [0.4, 0.5) is 5.69 Å². The quantitative estimate of drug-likeness (QED) is 0.401. The molecule has 1 aromatic carbocycles. The summed E-state index contributed by atoms with van der Waals surface area (Å²) >= 11 is 18.5. The van der Waals surface area contributed by atoms with Gasteiger partial charge in [-0.15, -0.1) is 0 Å². The molecule has 0 aromatic heterocycles. The maximum atomic E-state index is 10.6. The van der Waals surface area contributed by atoms with Crippen molar-refractivity contribution in [1.29, 1.82) is 0 Å². The van der Waals surface area contributed by atoms with Gasteiger partial charge in [0.25, 0.3) is 5.69 Å². The zero-order chi connectivity index (χ0) is 12.3. The first-order valence-corrected chi connectivity index (χ1v) is 6.00. The summed E-state index contributed by atoms with van der Waals surface area (Å²) in [5.41, 5.74) is 0.174. The van der Waals surface area contributed by atoms with Crippen molar-refractivity contribution in [3.63, 3.8) is 0 Å². The second kappa shape index (κ2) is 5.42. The molecule has 0 saturated carbocycles. The summed E-state index contributed by atoms with van der Waals surface area (Å²) in [4.78, 5) is 10.7. The van der Waals surface area contributed by atoms with Gasteiger partial charge in [-0.25, -0.2) is 0 Å². The zero-order valence-electron chi connectivity index (χ0n) is 8.04. The Balaban J connectivity index is 3.27. The van der Waals surface area contributed by atoms with E-state index in [1.165, 1.54) is 30.1 Å². The van der Waals surface area contributed by atoms with Gasteiger partial charge in [0.2, 0.25) is 3.79 Å². The Kier molecular flexibility index (Phi) is 4.70. The average Bonchev–Trinajstić information content (AvgIpc) is 2.16. The molecule has 0 unspecified atom stereocenters. The number of hydrogen-bond acceptors (Lipinski definition) is 4. The summed E-state index contributed by atoms with van der Waals surface area (Å²) in [6.07, 6.45) is 0. The molecule has 0 amide bonds. The third-order valence-corrected chi connectivity index (χ3v) is 3.08. The van der Waals surface area contributed by atoms with E-state index >= 15 is 0 Å². The number of rotatable bonds is 3. The van der Waals surface area contributed by atoms with E-state index in [0.29, 0.717) is 4.90 Å². The van der Waals surface area contributed by atoms with E-state index in [0.717, 1.165) is 0 Å². The highest BCUT2D eigenvalue weighted by atomic mass is 35.6. The van der Waals surface area contributed by atoms with E-state index in [9.17, 15) is 10.1 Å². The highest BCUT2D eigenvalue weighted by Crippen LogP contribution is 2.43. The lowest BCUT2D eigenvalue weighted by Gasteiger charge is -2.15. The predicted molar refractivity (Wildman–Crippen MR) is 67.3 cm³/mol. The van der Waals surface area contributed by atoms with E-state index in [2.05, 4.69) is 4.72 Å². The molecule has 0 spiro atoms.